The fraction of sp³-hybridized carbons (Fsp3) is 0.429. The summed E-state index contributed by atoms with van der Waals surface area (Å²) in [5, 5.41) is 7.56. The molecule has 0 saturated carbocycles. The highest BCUT2D eigenvalue weighted by Gasteiger charge is 2.44. The quantitative estimate of drug-likeness (QED) is 0.0553. The molecular weight excluding hydrogens is 769 g/mol. The van der Waals surface area contributed by atoms with Gasteiger partial charge in [0.1, 0.15) is 11.7 Å². The molecule has 0 aliphatic carbocycles. The molecule has 1 aliphatic heterocycles. The molecule has 0 radical (unpaired) electrons. The van der Waals surface area contributed by atoms with Crippen LogP contribution >= 0.6 is 15.2 Å². The molecule has 302 valence electrons. The molecule has 2 heterocycles. The number of hydrogen-bond acceptors (Lipinski definition) is 10. The van der Waals surface area contributed by atoms with E-state index in [1.54, 1.807) is 24.5 Å². The van der Waals surface area contributed by atoms with Gasteiger partial charge in [0.2, 0.25) is 23.2 Å². The summed E-state index contributed by atoms with van der Waals surface area (Å²) < 4.78 is 35.2. The largest absolute Gasteiger partial charge is 0.481 e. The summed E-state index contributed by atoms with van der Waals surface area (Å²) in [6, 6.07) is 13.7. The molecule has 1 aromatic heterocycles. The molecule has 0 saturated heterocycles. The number of carbonyl (C=O) groups excluding carboxylic acids is 4. The van der Waals surface area contributed by atoms with Gasteiger partial charge in [-0.3, -0.25) is 33.3 Å². The molecule has 18 nitrogen and oxygen atoms in total. The molecule has 0 bridgehead atoms. The van der Waals surface area contributed by atoms with E-state index in [9.17, 15) is 47.9 Å². The predicted molar refractivity (Wildman–Crippen MR) is 204 cm³/mol. The zero-order chi connectivity index (χ0) is 41.0. The van der Waals surface area contributed by atoms with Crippen LogP contribution in [-0.4, -0.2) is 84.8 Å². The van der Waals surface area contributed by atoms with Gasteiger partial charge < -0.3 is 49.7 Å². The maximum atomic E-state index is 13.9. The van der Waals surface area contributed by atoms with Gasteiger partial charge in [-0.25, -0.2) is 4.98 Å². The zero-order valence-corrected chi connectivity index (χ0v) is 33.0. The summed E-state index contributed by atoms with van der Waals surface area (Å²) in [5.74, 6) is -2.69. The van der Waals surface area contributed by atoms with E-state index in [4.69, 9.17) is 9.31 Å². The van der Waals surface area contributed by atoms with Crippen LogP contribution in [0.2, 0.25) is 0 Å². The minimum atomic E-state index is -5.32. The van der Waals surface area contributed by atoms with Crippen molar-refractivity contribution in [3.05, 3.63) is 89.5 Å². The lowest BCUT2D eigenvalue weighted by Crippen LogP contribution is -2.56. The maximum Gasteiger partial charge on any atom is 0.481 e. The van der Waals surface area contributed by atoms with E-state index in [0.717, 1.165) is 16.7 Å². The van der Waals surface area contributed by atoms with Gasteiger partial charge in [0, 0.05) is 44.4 Å². The second kappa shape index (κ2) is 20.2. The van der Waals surface area contributed by atoms with Gasteiger partial charge >= 0.3 is 22.3 Å². The molecule has 3 aromatic rings. The predicted octanol–water partition coefficient (Wildman–Crippen LogP) is 2.40. The van der Waals surface area contributed by atoms with Gasteiger partial charge in [0.05, 0.1) is 25.4 Å². The number of fused-ring (bicyclic) bond motifs is 1. The van der Waals surface area contributed by atoms with Crippen LogP contribution in [-0.2, 0) is 52.5 Å². The van der Waals surface area contributed by atoms with Crippen molar-refractivity contribution < 1.29 is 57.2 Å². The van der Waals surface area contributed by atoms with Crippen molar-refractivity contribution >= 4 is 51.6 Å². The van der Waals surface area contributed by atoms with E-state index in [2.05, 4.69) is 20.6 Å². The van der Waals surface area contributed by atoms with Crippen molar-refractivity contribution in [2.75, 3.05) is 11.9 Å². The molecule has 7 N–H and O–H groups in total. The maximum absolute atomic E-state index is 13.9. The molecular formula is C35H47BN6O12P2. The first-order valence-electron chi connectivity index (χ1n) is 17.8. The molecule has 4 rings (SSSR count). The van der Waals surface area contributed by atoms with Gasteiger partial charge in [-0.1, -0.05) is 50.2 Å². The third kappa shape index (κ3) is 13.4. The average Bonchev–Trinajstić information content (AvgIpc) is 3.36. The van der Waals surface area contributed by atoms with Crippen LogP contribution in [0.4, 0.5) is 5.69 Å². The second-order valence-corrected chi connectivity index (χ2v) is 17.6. The first-order chi connectivity index (χ1) is 26.4. The standard InChI is InChI=1S/C35H47BN6O12P2/c1-23(2)17-30(40-33(45)28(18-24-9-5-4-6-10-24)39-34(46)29-20-37-15-16-38-29)36-53-21-25-13-14-27(19-26(25)22-54-36)42(3)32(44)12-8-7-11-31(43)41-35(55(47,48)49)56(50,51)52/h4-6,9-10,13-16,19-20,23,28,30,35H,7-8,11-12,17-18,21-22H2,1-3H3,(H,39,46)(H,40,45)(H,41,43)(H2,47,48,49)(H2,50,51,52)/t28-,30-/m1/s1. The van der Waals surface area contributed by atoms with Crippen LogP contribution in [0.15, 0.2) is 67.1 Å². The van der Waals surface area contributed by atoms with E-state index in [-0.39, 0.29) is 62.8 Å². The number of anilines is 1. The van der Waals surface area contributed by atoms with E-state index < -0.39 is 57.5 Å². The molecule has 2 atom stereocenters. The Morgan fingerprint density at radius 2 is 1.54 bits per heavy atom. The van der Waals surface area contributed by atoms with Crippen molar-refractivity contribution in [1.29, 1.82) is 0 Å². The Morgan fingerprint density at radius 3 is 2.16 bits per heavy atom. The molecule has 1 aliphatic rings. The number of amides is 4. The Morgan fingerprint density at radius 1 is 0.875 bits per heavy atom. The van der Waals surface area contributed by atoms with Crippen LogP contribution < -0.4 is 20.9 Å². The van der Waals surface area contributed by atoms with Crippen molar-refractivity contribution in [3.8, 4) is 0 Å². The fourth-order valence-corrected chi connectivity index (χ4v) is 8.10. The zero-order valence-electron chi connectivity index (χ0n) is 31.2. The van der Waals surface area contributed by atoms with Gasteiger partial charge in [0.25, 0.3) is 5.91 Å². The van der Waals surface area contributed by atoms with Gasteiger partial charge in [-0.15, -0.1) is 0 Å². The van der Waals surface area contributed by atoms with Gasteiger partial charge in [0.15, 0.2) is 0 Å². The Bertz CT molecular complexity index is 1900. The van der Waals surface area contributed by atoms with Crippen LogP contribution in [0.1, 0.15) is 73.1 Å². The molecule has 0 unspecified atom stereocenters. The Kier molecular flexibility index (Phi) is 16.0. The average molecular weight is 817 g/mol. The normalized spacial score (nSPS) is 14.3. The number of nitrogens with one attached hydrogen (secondary N) is 3. The minimum absolute atomic E-state index is 0.0179. The monoisotopic (exact) mass is 816 g/mol. The van der Waals surface area contributed by atoms with E-state index >= 15 is 0 Å². The van der Waals surface area contributed by atoms with Crippen LogP contribution in [0, 0.1) is 5.92 Å². The lowest BCUT2D eigenvalue weighted by atomic mass is 9.73. The first kappa shape index (κ1) is 44.4. The second-order valence-electron chi connectivity index (χ2n) is 13.8. The molecule has 2 aromatic carbocycles. The van der Waals surface area contributed by atoms with Crippen molar-refractivity contribution in [3.63, 3.8) is 0 Å². The number of carbonyl (C=O) groups is 4. The Balaban J connectivity index is 1.36. The number of hydrogen-bond donors (Lipinski definition) is 7. The van der Waals surface area contributed by atoms with Crippen molar-refractivity contribution in [2.45, 2.75) is 83.1 Å². The molecule has 4 amide bonds. The number of rotatable bonds is 18. The van der Waals surface area contributed by atoms with Gasteiger partial charge in [-0.2, -0.15) is 0 Å². The number of benzene rings is 2. The summed E-state index contributed by atoms with van der Waals surface area (Å²) >= 11 is 0. The summed E-state index contributed by atoms with van der Waals surface area (Å²) in [6.45, 7) is 4.27. The minimum Gasteiger partial charge on any atom is -0.406 e. The number of aromatic nitrogens is 2. The topological polar surface area (TPSA) is 267 Å². The number of nitrogens with zero attached hydrogens (tertiary/aromatic N) is 3. The third-order valence-corrected chi connectivity index (χ3v) is 12.1. The SMILES string of the molecule is CC(C)C[C@@H](NC(=O)[C@@H](Cc1ccccc1)NC(=O)c1cnccn1)B1OCc2ccc(N(C)C(=O)CCCCC(=O)NC(P(=O)(O)O)P(=O)(O)O)cc2CO1. The smallest absolute Gasteiger partial charge is 0.406 e. The van der Waals surface area contributed by atoms with E-state index in [0.29, 0.717) is 12.1 Å². The molecule has 0 fully saturated rings. The summed E-state index contributed by atoms with van der Waals surface area (Å²) in [6.07, 6.45) is 4.92. The highest BCUT2D eigenvalue weighted by Crippen LogP contribution is 2.58. The van der Waals surface area contributed by atoms with Gasteiger partial charge in [-0.05, 0) is 54.0 Å². The highest BCUT2D eigenvalue weighted by molar-refractivity contribution is 7.70. The van der Waals surface area contributed by atoms with Crippen LogP contribution in [0.5, 0.6) is 0 Å². The number of unbranched alkanes of at least 4 members (excludes halogenated alkanes) is 1. The van der Waals surface area contributed by atoms with Crippen LogP contribution in [0.3, 0.4) is 0 Å². The fourth-order valence-electron chi connectivity index (χ4n) is 5.91. The molecule has 21 heteroatoms. The lowest BCUT2D eigenvalue weighted by Gasteiger charge is -2.27. The molecule has 56 heavy (non-hydrogen) atoms. The van der Waals surface area contributed by atoms with Crippen LogP contribution in [0.25, 0.3) is 0 Å². The highest BCUT2D eigenvalue weighted by atomic mass is 31.2. The Labute approximate surface area is 324 Å². The van der Waals surface area contributed by atoms with E-state index in [1.165, 1.54) is 23.5 Å². The Hall–Kier alpha value is -4.32. The van der Waals surface area contributed by atoms with Crippen molar-refractivity contribution in [2.24, 2.45) is 5.92 Å². The third-order valence-electron chi connectivity index (χ3n) is 8.81. The summed E-state index contributed by atoms with van der Waals surface area (Å²) in [7, 11) is -9.90. The molecule has 0 spiro atoms. The lowest BCUT2D eigenvalue weighted by molar-refractivity contribution is -0.123. The van der Waals surface area contributed by atoms with E-state index in [1.807, 2.05) is 50.2 Å². The summed E-state index contributed by atoms with van der Waals surface area (Å²) in [5.41, 5.74) is 0.417. The summed E-state index contributed by atoms with van der Waals surface area (Å²) in [4.78, 5) is 98.3. The van der Waals surface area contributed by atoms with Crippen molar-refractivity contribution in [1.82, 2.24) is 25.9 Å². The first-order valence-corrected chi connectivity index (χ1v) is 21.2.